The fraction of sp³-hybridized carbons (Fsp3) is 0.875. The van der Waals surface area contributed by atoms with Gasteiger partial charge in [-0.3, -0.25) is 0 Å². The predicted molar refractivity (Wildman–Crippen MR) is 43.5 cm³/mol. The van der Waals surface area contributed by atoms with Gasteiger partial charge in [-0.2, -0.15) is 0 Å². The van der Waals surface area contributed by atoms with Crippen molar-refractivity contribution in [3.05, 3.63) is 0 Å². The van der Waals surface area contributed by atoms with Crippen molar-refractivity contribution in [1.29, 1.82) is 0 Å². The Kier molecular flexibility index (Phi) is 1.60. The number of hydrogen-bond acceptors (Lipinski definition) is 3. The maximum Gasteiger partial charge on any atom is 0.126 e. The van der Waals surface area contributed by atoms with Crippen molar-refractivity contribution >= 4 is 5.71 Å². The van der Waals surface area contributed by atoms with Crippen molar-refractivity contribution < 1.29 is 4.84 Å². The van der Waals surface area contributed by atoms with Crippen LogP contribution in [0.4, 0.5) is 0 Å². The van der Waals surface area contributed by atoms with Gasteiger partial charge in [0.1, 0.15) is 6.61 Å². The van der Waals surface area contributed by atoms with Gasteiger partial charge in [-0.1, -0.05) is 19.0 Å². The highest BCUT2D eigenvalue weighted by Gasteiger charge is 2.37. The Morgan fingerprint density at radius 3 is 3.18 bits per heavy atom. The minimum absolute atomic E-state index is 0.461. The molecule has 2 aliphatic rings. The molecule has 0 spiro atoms. The average molecular weight is 154 g/mol. The summed E-state index contributed by atoms with van der Waals surface area (Å²) in [6.45, 7) is 6.25. The summed E-state index contributed by atoms with van der Waals surface area (Å²) >= 11 is 0. The Morgan fingerprint density at radius 1 is 1.64 bits per heavy atom. The molecule has 11 heavy (non-hydrogen) atoms. The van der Waals surface area contributed by atoms with Crippen LogP contribution in [-0.4, -0.2) is 24.9 Å². The molecule has 1 fully saturated rings. The highest BCUT2D eigenvalue weighted by Crippen LogP contribution is 2.22. The second kappa shape index (κ2) is 2.48. The third-order valence-electron chi connectivity index (χ3n) is 2.43. The maximum atomic E-state index is 5.04. The van der Waals surface area contributed by atoms with Gasteiger partial charge in [-0.25, -0.2) is 0 Å². The zero-order chi connectivity index (χ0) is 7.84. The first-order chi connectivity index (χ1) is 5.29. The molecule has 3 nitrogen and oxygen atoms in total. The van der Waals surface area contributed by atoms with Crippen molar-refractivity contribution in [2.75, 3.05) is 13.2 Å². The number of fused-ring (bicyclic) bond motifs is 1. The summed E-state index contributed by atoms with van der Waals surface area (Å²) in [5.74, 6) is 1.18. The third kappa shape index (κ3) is 1.03. The van der Waals surface area contributed by atoms with E-state index in [0.29, 0.717) is 17.9 Å². The standard InChI is InChI=1S/C8H14N2O/c1-5(2)7-8-6(3-9-7)4-11-10-8/h5-7,9H,3-4H2,1-2H3/t6-,7+/m0/s1. The van der Waals surface area contributed by atoms with E-state index in [2.05, 4.69) is 24.3 Å². The topological polar surface area (TPSA) is 33.6 Å². The van der Waals surface area contributed by atoms with Gasteiger partial charge in [-0.05, 0) is 5.92 Å². The van der Waals surface area contributed by atoms with Crippen molar-refractivity contribution in [3.8, 4) is 0 Å². The minimum atomic E-state index is 0.461. The summed E-state index contributed by atoms with van der Waals surface area (Å²) in [7, 11) is 0. The summed E-state index contributed by atoms with van der Waals surface area (Å²) in [5, 5.41) is 7.50. The molecular weight excluding hydrogens is 140 g/mol. The van der Waals surface area contributed by atoms with E-state index in [9.17, 15) is 0 Å². The van der Waals surface area contributed by atoms with E-state index in [4.69, 9.17) is 4.84 Å². The lowest BCUT2D eigenvalue weighted by Crippen LogP contribution is -2.32. The van der Waals surface area contributed by atoms with Crippen LogP contribution < -0.4 is 5.32 Å². The fourth-order valence-electron chi connectivity index (χ4n) is 1.79. The molecule has 0 aliphatic carbocycles. The van der Waals surface area contributed by atoms with Crippen LogP contribution in [0.15, 0.2) is 5.16 Å². The first-order valence-corrected chi connectivity index (χ1v) is 4.22. The van der Waals surface area contributed by atoms with E-state index in [-0.39, 0.29) is 0 Å². The second-order valence-electron chi connectivity index (χ2n) is 3.64. The van der Waals surface area contributed by atoms with Crippen molar-refractivity contribution in [2.45, 2.75) is 19.9 Å². The Morgan fingerprint density at radius 2 is 2.45 bits per heavy atom. The molecule has 2 aliphatic heterocycles. The van der Waals surface area contributed by atoms with E-state index in [0.717, 1.165) is 13.2 Å². The Balaban J connectivity index is 2.14. The molecule has 0 aromatic carbocycles. The summed E-state index contributed by atoms with van der Waals surface area (Å²) in [4.78, 5) is 5.04. The SMILES string of the molecule is CC(C)[C@H]1NC[C@H]2CON=C21. The summed E-state index contributed by atoms with van der Waals surface area (Å²) in [6.07, 6.45) is 0. The monoisotopic (exact) mass is 154 g/mol. The van der Waals surface area contributed by atoms with Gasteiger partial charge in [-0.15, -0.1) is 0 Å². The zero-order valence-corrected chi connectivity index (χ0v) is 7.00. The molecule has 62 valence electrons. The molecule has 0 bridgehead atoms. The maximum absolute atomic E-state index is 5.04. The molecule has 0 saturated carbocycles. The van der Waals surface area contributed by atoms with Crippen LogP contribution in [0, 0.1) is 11.8 Å². The van der Waals surface area contributed by atoms with Gasteiger partial charge in [0, 0.05) is 6.54 Å². The molecule has 0 amide bonds. The minimum Gasteiger partial charge on any atom is -0.395 e. The fourth-order valence-corrected chi connectivity index (χ4v) is 1.79. The lowest BCUT2D eigenvalue weighted by Gasteiger charge is -2.13. The van der Waals surface area contributed by atoms with Crippen LogP contribution in [0.5, 0.6) is 0 Å². The molecule has 2 atom stereocenters. The molecule has 1 saturated heterocycles. The average Bonchev–Trinajstić information content (AvgIpc) is 2.41. The smallest absolute Gasteiger partial charge is 0.126 e. The number of hydrogen-bond donors (Lipinski definition) is 1. The molecule has 0 radical (unpaired) electrons. The first-order valence-electron chi connectivity index (χ1n) is 4.22. The quantitative estimate of drug-likeness (QED) is 0.600. The summed E-state index contributed by atoms with van der Waals surface area (Å²) < 4.78 is 0. The zero-order valence-electron chi connectivity index (χ0n) is 7.00. The Labute approximate surface area is 66.8 Å². The van der Waals surface area contributed by atoms with Crippen LogP contribution in [0.25, 0.3) is 0 Å². The van der Waals surface area contributed by atoms with Crippen molar-refractivity contribution in [2.24, 2.45) is 17.0 Å². The molecule has 1 N–H and O–H groups in total. The third-order valence-corrected chi connectivity index (χ3v) is 2.43. The molecule has 2 rings (SSSR count). The highest BCUT2D eigenvalue weighted by atomic mass is 16.6. The molecule has 3 heteroatoms. The summed E-state index contributed by atoms with van der Waals surface area (Å²) in [5.41, 5.74) is 1.24. The predicted octanol–water partition coefficient (Wildman–Crippen LogP) is 0.617. The second-order valence-corrected chi connectivity index (χ2v) is 3.64. The van der Waals surface area contributed by atoms with Crippen molar-refractivity contribution in [3.63, 3.8) is 0 Å². The normalized spacial score (nSPS) is 35.4. The molecular formula is C8H14N2O. The summed E-state index contributed by atoms with van der Waals surface area (Å²) in [6, 6.07) is 0.461. The van der Waals surface area contributed by atoms with Crippen LogP contribution >= 0.6 is 0 Å². The van der Waals surface area contributed by atoms with Gasteiger partial charge in [0.15, 0.2) is 0 Å². The Bertz CT molecular complexity index is 189. The van der Waals surface area contributed by atoms with Gasteiger partial charge in [0.2, 0.25) is 0 Å². The van der Waals surface area contributed by atoms with E-state index in [1.165, 1.54) is 5.71 Å². The highest BCUT2D eigenvalue weighted by molar-refractivity contribution is 5.94. The van der Waals surface area contributed by atoms with Crippen LogP contribution in [-0.2, 0) is 4.84 Å². The van der Waals surface area contributed by atoms with Gasteiger partial charge >= 0.3 is 0 Å². The number of oxime groups is 1. The van der Waals surface area contributed by atoms with Crippen LogP contribution in [0.1, 0.15) is 13.8 Å². The largest absolute Gasteiger partial charge is 0.395 e. The molecule has 0 aromatic rings. The van der Waals surface area contributed by atoms with E-state index in [1.54, 1.807) is 0 Å². The van der Waals surface area contributed by atoms with Crippen LogP contribution in [0.2, 0.25) is 0 Å². The number of nitrogens with zero attached hydrogens (tertiary/aromatic N) is 1. The lowest BCUT2D eigenvalue weighted by molar-refractivity contribution is 0.152. The number of rotatable bonds is 1. The number of nitrogens with one attached hydrogen (secondary N) is 1. The molecule has 0 unspecified atom stereocenters. The molecule has 2 heterocycles. The van der Waals surface area contributed by atoms with E-state index in [1.807, 2.05) is 0 Å². The van der Waals surface area contributed by atoms with Gasteiger partial charge in [0.05, 0.1) is 17.7 Å². The molecule has 0 aromatic heterocycles. The van der Waals surface area contributed by atoms with E-state index >= 15 is 0 Å². The lowest BCUT2D eigenvalue weighted by atomic mass is 9.96. The van der Waals surface area contributed by atoms with E-state index < -0.39 is 0 Å². The van der Waals surface area contributed by atoms with Crippen molar-refractivity contribution in [1.82, 2.24) is 5.32 Å². The Hall–Kier alpha value is -0.570. The van der Waals surface area contributed by atoms with Gasteiger partial charge in [0.25, 0.3) is 0 Å². The van der Waals surface area contributed by atoms with Gasteiger partial charge < -0.3 is 10.2 Å². The first kappa shape index (κ1) is 7.10. The van der Waals surface area contributed by atoms with Crippen LogP contribution in [0.3, 0.4) is 0 Å².